The first kappa shape index (κ1) is 45.8. The molecule has 0 aromatic heterocycles. The van der Waals surface area contributed by atoms with Gasteiger partial charge in [0.25, 0.3) is 5.91 Å². The number of carbonyl (C=O) groups is 2. The molecule has 14 heteroatoms. The Labute approximate surface area is 349 Å². The number of oxime groups is 1. The van der Waals surface area contributed by atoms with Crippen LogP contribution in [0.2, 0.25) is 0 Å². The summed E-state index contributed by atoms with van der Waals surface area (Å²) in [5, 5.41) is 20.6. The molecule has 1 spiro atoms. The number of nitrogens with one attached hydrogen (secondary N) is 2. The maximum atomic E-state index is 12.8. The van der Waals surface area contributed by atoms with Crippen molar-refractivity contribution in [1.82, 2.24) is 10.6 Å². The SMILES string of the molecule is CCCCCCCCCCCCCCCCCC(=O)NCCc1cc(Br)c(OCCCNC(=O)C2=NO[C@]3(CC(Br)=C(OC)C(Br)=CO3)[C@H]2O)c(Br)c1. The molecule has 298 valence electrons. The van der Waals surface area contributed by atoms with Gasteiger partial charge >= 0.3 is 5.79 Å². The molecule has 2 aliphatic rings. The van der Waals surface area contributed by atoms with E-state index in [2.05, 4.69) is 86.4 Å². The minimum absolute atomic E-state index is 0.0633. The first-order valence-electron chi connectivity index (χ1n) is 19.2. The van der Waals surface area contributed by atoms with Crippen LogP contribution in [0.25, 0.3) is 0 Å². The van der Waals surface area contributed by atoms with Gasteiger partial charge in [0.05, 0.1) is 33.6 Å². The van der Waals surface area contributed by atoms with Crippen molar-refractivity contribution < 1.29 is 33.7 Å². The van der Waals surface area contributed by atoms with Gasteiger partial charge in [0, 0.05) is 24.0 Å². The van der Waals surface area contributed by atoms with Crippen LogP contribution in [0.3, 0.4) is 0 Å². The summed E-state index contributed by atoms with van der Waals surface area (Å²) < 4.78 is 19.7. The normalized spacial score (nSPS) is 18.2. The number of carbonyl (C=O) groups excluding carboxylic acids is 2. The summed E-state index contributed by atoms with van der Waals surface area (Å²) in [6.45, 7) is 3.46. The minimum atomic E-state index is -1.60. The van der Waals surface area contributed by atoms with Gasteiger partial charge in [0.15, 0.2) is 11.8 Å². The van der Waals surface area contributed by atoms with Crippen LogP contribution in [-0.2, 0) is 30.3 Å². The average Bonchev–Trinajstić information content (AvgIpc) is 3.37. The monoisotopic (exact) mass is 995 g/mol. The summed E-state index contributed by atoms with van der Waals surface area (Å²) in [5.74, 6) is -0.920. The third kappa shape index (κ3) is 15.8. The average molecular weight is 1000 g/mol. The number of hydrogen-bond donors (Lipinski definition) is 3. The first-order chi connectivity index (χ1) is 25.6. The zero-order chi connectivity index (χ0) is 38.5. The van der Waals surface area contributed by atoms with Crippen LogP contribution < -0.4 is 15.4 Å². The Morgan fingerprint density at radius 1 is 0.868 bits per heavy atom. The molecule has 0 bridgehead atoms. The van der Waals surface area contributed by atoms with Gasteiger partial charge in [-0.25, -0.2) is 0 Å². The van der Waals surface area contributed by atoms with Crippen LogP contribution in [0.15, 0.2) is 47.2 Å². The van der Waals surface area contributed by atoms with Crippen molar-refractivity contribution >= 4 is 81.2 Å². The summed E-state index contributed by atoms with van der Waals surface area (Å²) in [6, 6.07) is 3.98. The van der Waals surface area contributed by atoms with Crippen LogP contribution in [0, 0.1) is 0 Å². The van der Waals surface area contributed by atoms with E-state index in [1.54, 1.807) is 0 Å². The molecule has 0 unspecified atom stereocenters. The van der Waals surface area contributed by atoms with Crippen molar-refractivity contribution in [3.63, 3.8) is 0 Å². The Hall–Kier alpha value is -1.61. The summed E-state index contributed by atoms with van der Waals surface area (Å²) in [5.41, 5.74) is 0.881. The molecule has 1 aromatic rings. The second-order valence-electron chi connectivity index (χ2n) is 13.6. The smallest absolute Gasteiger partial charge is 0.311 e. The predicted molar refractivity (Wildman–Crippen MR) is 224 cm³/mol. The van der Waals surface area contributed by atoms with Gasteiger partial charge in [0.1, 0.15) is 17.8 Å². The lowest BCUT2D eigenvalue weighted by Crippen LogP contribution is -2.49. The van der Waals surface area contributed by atoms with E-state index in [4.69, 9.17) is 19.0 Å². The number of aliphatic hydroxyl groups excluding tert-OH is 1. The van der Waals surface area contributed by atoms with Crippen LogP contribution in [0.1, 0.15) is 128 Å². The molecule has 2 amide bonds. The number of methoxy groups -OCH3 is 1. The van der Waals surface area contributed by atoms with Crippen LogP contribution in [0.5, 0.6) is 5.75 Å². The number of allylic oxidation sites excluding steroid dienone is 1. The minimum Gasteiger partial charge on any atom is -0.495 e. The molecule has 1 aromatic carbocycles. The zero-order valence-electron chi connectivity index (χ0n) is 31.2. The Kier molecular flexibility index (Phi) is 22.0. The lowest BCUT2D eigenvalue weighted by molar-refractivity contribution is -0.225. The van der Waals surface area contributed by atoms with Gasteiger partial charge in [-0.1, -0.05) is 118 Å². The topological polar surface area (TPSA) is 128 Å². The summed E-state index contributed by atoms with van der Waals surface area (Å²) >= 11 is 14.0. The van der Waals surface area contributed by atoms with E-state index in [9.17, 15) is 14.7 Å². The number of unbranched alkanes of at least 4 members (excludes halogenated alkanes) is 14. The fourth-order valence-electron chi connectivity index (χ4n) is 6.22. The molecule has 0 saturated heterocycles. The van der Waals surface area contributed by atoms with Crippen molar-refractivity contribution in [2.45, 2.75) is 141 Å². The molecule has 2 atom stereocenters. The van der Waals surface area contributed by atoms with E-state index >= 15 is 0 Å². The molecule has 53 heavy (non-hydrogen) atoms. The van der Waals surface area contributed by atoms with Crippen LogP contribution >= 0.6 is 63.7 Å². The van der Waals surface area contributed by atoms with E-state index in [1.807, 2.05) is 12.1 Å². The maximum Gasteiger partial charge on any atom is 0.311 e. The quantitative estimate of drug-likeness (QED) is 0.0789. The van der Waals surface area contributed by atoms with E-state index < -0.39 is 17.8 Å². The number of nitrogens with zero attached hydrogens (tertiary/aromatic N) is 1. The predicted octanol–water partition coefficient (Wildman–Crippen LogP) is 10.4. The van der Waals surface area contributed by atoms with Crippen molar-refractivity contribution in [2.24, 2.45) is 5.16 Å². The number of hydrogen-bond acceptors (Lipinski definition) is 8. The number of ether oxygens (including phenoxy) is 3. The highest BCUT2D eigenvalue weighted by atomic mass is 79.9. The third-order valence-corrected chi connectivity index (χ3v) is 11.7. The van der Waals surface area contributed by atoms with E-state index in [0.717, 1.165) is 27.4 Å². The van der Waals surface area contributed by atoms with E-state index in [-0.39, 0.29) is 24.6 Å². The summed E-state index contributed by atoms with van der Waals surface area (Å²) in [6.07, 6.45) is 21.5. The van der Waals surface area contributed by atoms with Gasteiger partial charge in [-0.3, -0.25) is 9.59 Å². The maximum absolute atomic E-state index is 12.8. The second kappa shape index (κ2) is 25.5. The lowest BCUT2D eigenvalue weighted by atomic mass is 10.0. The van der Waals surface area contributed by atoms with Gasteiger partial charge < -0.3 is 34.8 Å². The molecule has 2 aliphatic heterocycles. The molecule has 2 heterocycles. The lowest BCUT2D eigenvalue weighted by Gasteiger charge is -2.27. The number of amides is 2. The highest BCUT2D eigenvalue weighted by Gasteiger charge is 2.54. The second-order valence-corrected chi connectivity index (χ2v) is 17.1. The van der Waals surface area contributed by atoms with Gasteiger partial charge in [0.2, 0.25) is 5.91 Å². The molecule has 3 N–H and O–H groups in total. The molecule has 0 aliphatic carbocycles. The first-order valence-corrected chi connectivity index (χ1v) is 22.3. The van der Waals surface area contributed by atoms with Crippen molar-refractivity contribution in [3.05, 3.63) is 47.6 Å². The fourth-order valence-corrected chi connectivity index (χ4v) is 9.26. The Balaban J connectivity index is 1.23. The van der Waals surface area contributed by atoms with Gasteiger partial charge in [-0.15, -0.1) is 0 Å². The van der Waals surface area contributed by atoms with Crippen molar-refractivity contribution in [1.29, 1.82) is 0 Å². The van der Waals surface area contributed by atoms with Gasteiger partial charge in [-0.05, 0) is 84.7 Å². The Morgan fingerprint density at radius 3 is 2.04 bits per heavy atom. The van der Waals surface area contributed by atoms with E-state index in [1.165, 1.54) is 96.8 Å². The summed E-state index contributed by atoms with van der Waals surface area (Å²) in [4.78, 5) is 30.6. The number of benzene rings is 1. The van der Waals surface area contributed by atoms with Crippen molar-refractivity contribution in [2.75, 3.05) is 26.8 Å². The highest BCUT2D eigenvalue weighted by molar-refractivity contribution is 9.12. The van der Waals surface area contributed by atoms with Crippen molar-refractivity contribution in [3.8, 4) is 5.75 Å². The largest absolute Gasteiger partial charge is 0.495 e. The molecule has 0 saturated carbocycles. The molecule has 0 fully saturated rings. The Bertz CT molecular complexity index is 1380. The summed E-state index contributed by atoms with van der Waals surface area (Å²) in [7, 11) is 1.51. The standard InChI is InChI=1S/C39H57Br4N3O7/c1-3-4-5-6-7-8-9-10-11-12-13-14-15-16-17-19-33(47)44-22-20-28-24-29(40)36(30(41)25-28)51-23-18-21-45-38(49)34-37(48)39(53-46-34)26-31(42)35(50-2)32(43)27-52-39/h24-25,27,37,48H,3-23,26H2,1-2H3,(H,44,47)(H,45,49)/t37-,39+/m0/s1. The third-order valence-electron chi connectivity index (χ3n) is 9.29. The van der Waals surface area contributed by atoms with Crippen LogP contribution in [-0.4, -0.2) is 61.3 Å². The molecule has 0 radical (unpaired) electrons. The highest BCUT2D eigenvalue weighted by Crippen LogP contribution is 2.41. The van der Waals surface area contributed by atoms with E-state index in [0.29, 0.717) is 52.9 Å². The number of rotatable bonds is 26. The molecule has 10 nitrogen and oxygen atoms in total. The number of aliphatic hydroxyl groups is 1. The van der Waals surface area contributed by atoms with Crippen LogP contribution in [0.4, 0.5) is 0 Å². The molecule has 3 rings (SSSR count). The molecular weight excluding hydrogens is 942 g/mol. The number of halogens is 4. The fraction of sp³-hybridized carbons (Fsp3) is 0.667. The van der Waals surface area contributed by atoms with Gasteiger partial charge in [-0.2, -0.15) is 0 Å². The Morgan fingerprint density at radius 2 is 1.45 bits per heavy atom. The molecular formula is C39H57Br4N3O7. The zero-order valence-corrected chi connectivity index (χ0v) is 37.6.